The average molecular weight is 153 g/mol. The Kier molecular flexibility index (Phi) is 2.32. The standard InChI is InChI=1S/C9H15NO/c1-6(2)5-9-7(3)11-8(4)10-9/h6H,5H2,1-4H3. The molecule has 11 heavy (non-hydrogen) atoms. The zero-order valence-electron chi connectivity index (χ0n) is 7.64. The maximum absolute atomic E-state index is 5.30. The van der Waals surface area contributed by atoms with Crippen molar-refractivity contribution in [2.24, 2.45) is 5.92 Å². The monoisotopic (exact) mass is 153 g/mol. The summed E-state index contributed by atoms with van der Waals surface area (Å²) in [5.74, 6) is 2.40. The Labute approximate surface area is 67.6 Å². The first-order chi connectivity index (χ1) is 5.09. The van der Waals surface area contributed by atoms with Crippen LogP contribution in [0.3, 0.4) is 0 Å². The number of aromatic nitrogens is 1. The first-order valence-electron chi connectivity index (χ1n) is 4.02. The molecule has 0 bridgehead atoms. The summed E-state index contributed by atoms with van der Waals surface area (Å²) < 4.78 is 5.30. The smallest absolute Gasteiger partial charge is 0.191 e. The van der Waals surface area contributed by atoms with E-state index in [0.29, 0.717) is 5.92 Å². The minimum absolute atomic E-state index is 0.651. The molecule has 0 radical (unpaired) electrons. The summed E-state index contributed by atoms with van der Waals surface area (Å²) >= 11 is 0. The summed E-state index contributed by atoms with van der Waals surface area (Å²) in [6.45, 7) is 8.22. The molecule has 0 fully saturated rings. The molecule has 0 saturated heterocycles. The molecule has 1 aromatic rings. The van der Waals surface area contributed by atoms with Gasteiger partial charge in [-0.2, -0.15) is 0 Å². The van der Waals surface area contributed by atoms with Gasteiger partial charge in [0.15, 0.2) is 5.89 Å². The minimum atomic E-state index is 0.651. The lowest BCUT2D eigenvalue weighted by molar-refractivity contribution is 0.491. The predicted molar refractivity (Wildman–Crippen MR) is 44.5 cm³/mol. The number of hydrogen-bond acceptors (Lipinski definition) is 2. The van der Waals surface area contributed by atoms with Gasteiger partial charge in [-0.1, -0.05) is 13.8 Å². The van der Waals surface area contributed by atoms with Crippen molar-refractivity contribution in [3.63, 3.8) is 0 Å². The summed E-state index contributed by atoms with van der Waals surface area (Å²) in [6.07, 6.45) is 1.02. The molecule has 0 aliphatic rings. The van der Waals surface area contributed by atoms with Gasteiger partial charge in [-0.25, -0.2) is 4.98 Å². The minimum Gasteiger partial charge on any atom is -0.446 e. The van der Waals surface area contributed by atoms with Gasteiger partial charge in [0.1, 0.15) is 5.76 Å². The zero-order chi connectivity index (χ0) is 8.43. The summed E-state index contributed by atoms with van der Waals surface area (Å²) in [5.41, 5.74) is 1.11. The highest BCUT2D eigenvalue weighted by atomic mass is 16.4. The highest BCUT2D eigenvalue weighted by Gasteiger charge is 2.07. The van der Waals surface area contributed by atoms with Crippen LogP contribution in [0.5, 0.6) is 0 Å². The quantitative estimate of drug-likeness (QED) is 0.652. The number of aryl methyl sites for hydroxylation is 2. The van der Waals surface area contributed by atoms with Crippen LogP contribution < -0.4 is 0 Å². The van der Waals surface area contributed by atoms with Crippen molar-refractivity contribution < 1.29 is 4.42 Å². The number of hydrogen-bond donors (Lipinski definition) is 0. The molecule has 0 saturated carbocycles. The van der Waals surface area contributed by atoms with Crippen LogP contribution in [0, 0.1) is 19.8 Å². The van der Waals surface area contributed by atoms with Crippen molar-refractivity contribution in [2.75, 3.05) is 0 Å². The van der Waals surface area contributed by atoms with Gasteiger partial charge in [0.2, 0.25) is 0 Å². The second-order valence-corrected chi connectivity index (χ2v) is 3.33. The Morgan fingerprint density at radius 2 is 2.00 bits per heavy atom. The van der Waals surface area contributed by atoms with Gasteiger partial charge < -0.3 is 4.42 Å². The van der Waals surface area contributed by atoms with Gasteiger partial charge in [-0.3, -0.25) is 0 Å². The summed E-state index contributed by atoms with van der Waals surface area (Å²) in [6, 6.07) is 0. The third-order valence-electron chi connectivity index (χ3n) is 1.60. The highest BCUT2D eigenvalue weighted by molar-refractivity contribution is 5.07. The third kappa shape index (κ3) is 2.07. The van der Waals surface area contributed by atoms with E-state index in [2.05, 4.69) is 18.8 Å². The van der Waals surface area contributed by atoms with Crippen molar-refractivity contribution in [1.29, 1.82) is 0 Å². The summed E-state index contributed by atoms with van der Waals surface area (Å²) in [7, 11) is 0. The molecule has 1 rings (SSSR count). The largest absolute Gasteiger partial charge is 0.446 e. The zero-order valence-corrected chi connectivity index (χ0v) is 7.64. The fourth-order valence-electron chi connectivity index (χ4n) is 1.15. The maximum atomic E-state index is 5.30. The average Bonchev–Trinajstić information content (AvgIpc) is 2.09. The molecule has 0 spiro atoms. The fourth-order valence-corrected chi connectivity index (χ4v) is 1.15. The molecule has 0 atom stereocenters. The fraction of sp³-hybridized carbons (Fsp3) is 0.667. The van der Waals surface area contributed by atoms with E-state index in [-0.39, 0.29) is 0 Å². The Morgan fingerprint density at radius 3 is 2.36 bits per heavy atom. The molecule has 62 valence electrons. The van der Waals surface area contributed by atoms with Crippen LogP contribution in [0.1, 0.15) is 31.2 Å². The van der Waals surface area contributed by atoms with Crippen molar-refractivity contribution in [3.8, 4) is 0 Å². The van der Waals surface area contributed by atoms with E-state index < -0.39 is 0 Å². The van der Waals surface area contributed by atoms with E-state index in [4.69, 9.17) is 4.42 Å². The second-order valence-electron chi connectivity index (χ2n) is 3.33. The van der Waals surface area contributed by atoms with Gasteiger partial charge in [0.05, 0.1) is 5.69 Å². The molecule has 1 aromatic heterocycles. The third-order valence-corrected chi connectivity index (χ3v) is 1.60. The van der Waals surface area contributed by atoms with Crippen molar-refractivity contribution in [3.05, 3.63) is 17.3 Å². The second kappa shape index (κ2) is 3.07. The Balaban J connectivity index is 2.77. The van der Waals surface area contributed by atoms with Gasteiger partial charge in [-0.05, 0) is 19.3 Å². The molecular formula is C9H15NO. The van der Waals surface area contributed by atoms with E-state index in [1.165, 1.54) is 0 Å². The molecule has 0 aliphatic carbocycles. The highest BCUT2D eigenvalue weighted by Crippen LogP contribution is 2.12. The van der Waals surface area contributed by atoms with Crippen LogP contribution >= 0.6 is 0 Å². The molecule has 1 heterocycles. The van der Waals surface area contributed by atoms with Crippen LogP contribution in [0.2, 0.25) is 0 Å². The molecule has 0 aliphatic heterocycles. The van der Waals surface area contributed by atoms with Crippen LogP contribution in [0.25, 0.3) is 0 Å². The van der Waals surface area contributed by atoms with Crippen LogP contribution in [-0.4, -0.2) is 4.98 Å². The van der Waals surface area contributed by atoms with Gasteiger partial charge >= 0.3 is 0 Å². The SMILES string of the molecule is Cc1nc(CC(C)C)c(C)o1. The number of rotatable bonds is 2. The van der Waals surface area contributed by atoms with E-state index in [0.717, 1.165) is 23.8 Å². The molecule has 2 heteroatoms. The van der Waals surface area contributed by atoms with Gasteiger partial charge in [0, 0.05) is 6.92 Å². The number of oxazole rings is 1. The molecule has 2 nitrogen and oxygen atoms in total. The van der Waals surface area contributed by atoms with Crippen molar-refractivity contribution >= 4 is 0 Å². The molecule has 0 aromatic carbocycles. The molecule has 0 unspecified atom stereocenters. The summed E-state index contributed by atoms with van der Waals surface area (Å²) in [5, 5.41) is 0. The van der Waals surface area contributed by atoms with E-state index in [9.17, 15) is 0 Å². The summed E-state index contributed by atoms with van der Waals surface area (Å²) in [4.78, 5) is 4.28. The topological polar surface area (TPSA) is 26.0 Å². The van der Waals surface area contributed by atoms with Crippen molar-refractivity contribution in [2.45, 2.75) is 34.1 Å². The van der Waals surface area contributed by atoms with E-state index in [1.54, 1.807) is 0 Å². The van der Waals surface area contributed by atoms with Crippen molar-refractivity contribution in [1.82, 2.24) is 4.98 Å². The van der Waals surface area contributed by atoms with E-state index in [1.807, 2.05) is 13.8 Å². The Hall–Kier alpha value is -0.790. The predicted octanol–water partition coefficient (Wildman–Crippen LogP) is 2.49. The number of nitrogens with zero attached hydrogens (tertiary/aromatic N) is 1. The van der Waals surface area contributed by atoms with Gasteiger partial charge in [-0.15, -0.1) is 0 Å². The first-order valence-corrected chi connectivity index (χ1v) is 4.02. The Bertz CT molecular complexity index is 238. The van der Waals surface area contributed by atoms with Gasteiger partial charge in [0.25, 0.3) is 0 Å². The first kappa shape index (κ1) is 8.31. The molecule has 0 N–H and O–H groups in total. The van der Waals surface area contributed by atoms with Crippen LogP contribution in [0.15, 0.2) is 4.42 Å². The Morgan fingerprint density at radius 1 is 1.36 bits per heavy atom. The lowest BCUT2D eigenvalue weighted by Gasteiger charge is -1.99. The van der Waals surface area contributed by atoms with Crippen LogP contribution in [-0.2, 0) is 6.42 Å². The van der Waals surface area contributed by atoms with E-state index >= 15 is 0 Å². The van der Waals surface area contributed by atoms with Crippen LogP contribution in [0.4, 0.5) is 0 Å². The lowest BCUT2D eigenvalue weighted by atomic mass is 10.1. The molecular weight excluding hydrogens is 138 g/mol. The maximum Gasteiger partial charge on any atom is 0.191 e. The normalized spacial score (nSPS) is 11.0. The lowest BCUT2D eigenvalue weighted by Crippen LogP contribution is -1.95. The molecule has 0 amide bonds.